The number of carbonyl (C=O) groups excluding carboxylic acids is 3. The van der Waals surface area contributed by atoms with Crippen molar-refractivity contribution in [2.24, 2.45) is 0 Å². The van der Waals surface area contributed by atoms with Crippen LogP contribution < -0.4 is 5.32 Å². The lowest BCUT2D eigenvalue weighted by Gasteiger charge is -2.11. The highest BCUT2D eigenvalue weighted by Gasteiger charge is 2.28. The van der Waals surface area contributed by atoms with Crippen molar-refractivity contribution in [3.8, 4) is 0 Å². The Morgan fingerprint density at radius 2 is 1.84 bits per heavy atom. The first-order valence-corrected chi connectivity index (χ1v) is 11.4. The number of thiophene rings is 1. The third kappa shape index (κ3) is 5.08. The Labute approximate surface area is 187 Å². The van der Waals surface area contributed by atoms with Crippen molar-refractivity contribution >= 4 is 57.0 Å². The molecule has 0 radical (unpaired) electrons. The van der Waals surface area contributed by atoms with Crippen molar-refractivity contribution in [2.45, 2.75) is 38.1 Å². The van der Waals surface area contributed by atoms with E-state index in [1.165, 1.54) is 11.8 Å². The molecule has 2 heterocycles. The van der Waals surface area contributed by atoms with E-state index in [2.05, 4.69) is 15.3 Å². The molecule has 0 aliphatic rings. The summed E-state index contributed by atoms with van der Waals surface area (Å²) >= 11 is 2.27. The standard InChI is InChI=1S/C21H23N3O5S2/c1-5-28-19(26)15-11(3)16(20(27)29-6-2)31-18(15)24-17(25)12(4)30-21-22-13-9-7-8-10-14(13)23-21/h7-10,12H,5-6H2,1-4H3,(H,22,23)(H,24,25). The Kier molecular flexibility index (Phi) is 7.34. The molecule has 0 aliphatic heterocycles. The summed E-state index contributed by atoms with van der Waals surface area (Å²) < 4.78 is 10.2. The first-order chi connectivity index (χ1) is 14.8. The molecule has 164 valence electrons. The predicted molar refractivity (Wildman–Crippen MR) is 121 cm³/mol. The molecular formula is C21H23N3O5S2. The fourth-order valence-electron chi connectivity index (χ4n) is 2.86. The summed E-state index contributed by atoms with van der Waals surface area (Å²) in [7, 11) is 0. The minimum atomic E-state index is -0.598. The molecule has 3 aromatic rings. The SMILES string of the molecule is CCOC(=O)c1sc(NC(=O)C(C)Sc2nc3ccccc3[nH]2)c(C(=O)OCC)c1C. The van der Waals surface area contributed by atoms with Crippen molar-refractivity contribution < 1.29 is 23.9 Å². The van der Waals surface area contributed by atoms with Crippen molar-refractivity contribution in [3.63, 3.8) is 0 Å². The van der Waals surface area contributed by atoms with Gasteiger partial charge in [0.25, 0.3) is 0 Å². The number of anilines is 1. The van der Waals surface area contributed by atoms with E-state index >= 15 is 0 Å². The number of aromatic nitrogens is 2. The molecule has 0 aliphatic carbocycles. The number of benzene rings is 1. The van der Waals surface area contributed by atoms with E-state index in [1.807, 2.05) is 24.3 Å². The van der Waals surface area contributed by atoms with Crippen LogP contribution in [0.25, 0.3) is 11.0 Å². The number of hydrogen-bond acceptors (Lipinski definition) is 8. The summed E-state index contributed by atoms with van der Waals surface area (Å²) in [6.07, 6.45) is 0. The minimum Gasteiger partial charge on any atom is -0.462 e. The van der Waals surface area contributed by atoms with E-state index in [0.29, 0.717) is 10.7 Å². The molecule has 3 rings (SSSR count). The molecule has 1 aromatic carbocycles. The lowest BCUT2D eigenvalue weighted by atomic mass is 10.1. The van der Waals surface area contributed by atoms with E-state index < -0.39 is 17.2 Å². The second kappa shape index (κ2) is 9.97. The first kappa shape index (κ1) is 22.8. The van der Waals surface area contributed by atoms with Gasteiger partial charge < -0.3 is 19.8 Å². The largest absolute Gasteiger partial charge is 0.462 e. The number of fused-ring (bicyclic) bond motifs is 1. The van der Waals surface area contributed by atoms with Crippen molar-refractivity contribution in [3.05, 3.63) is 40.3 Å². The summed E-state index contributed by atoms with van der Waals surface area (Å²) in [5.74, 6) is -1.46. The summed E-state index contributed by atoms with van der Waals surface area (Å²) in [5.41, 5.74) is 2.30. The molecule has 0 spiro atoms. The van der Waals surface area contributed by atoms with Gasteiger partial charge in [-0.25, -0.2) is 14.6 Å². The highest BCUT2D eigenvalue weighted by Crippen LogP contribution is 2.35. The van der Waals surface area contributed by atoms with Crippen molar-refractivity contribution in [2.75, 3.05) is 18.5 Å². The summed E-state index contributed by atoms with van der Waals surface area (Å²) in [4.78, 5) is 45.5. The van der Waals surface area contributed by atoms with E-state index in [0.717, 1.165) is 22.4 Å². The molecule has 1 amide bonds. The van der Waals surface area contributed by atoms with Gasteiger partial charge in [0.2, 0.25) is 5.91 Å². The van der Waals surface area contributed by atoms with Gasteiger partial charge in [0.1, 0.15) is 9.88 Å². The monoisotopic (exact) mass is 461 g/mol. The van der Waals surface area contributed by atoms with Crippen LogP contribution in [0.3, 0.4) is 0 Å². The molecule has 0 fully saturated rings. The Hall–Kier alpha value is -2.85. The van der Waals surface area contributed by atoms with Crippen LogP contribution in [0.2, 0.25) is 0 Å². The van der Waals surface area contributed by atoms with Crippen LogP contribution in [-0.4, -0.2) is 46.3 Å². The van der Waals surface area contributed by atoms with Crippen LogP contribution in [0.15, 0.2) is 29.4 Å². The van der Waals surface area contributed by atoms with Gasteiger partial charge in [-0.15, -0.1) is 11.3 Å². The highest BCUT2D eigenvalue weighted by molar-refractivity contribution is 8.00. The molecule has 2 N–H and O–H groups in total. The zero-order chi connectivity index (χ0) is 22.5. The molecule has 2 aromatic heterocycles. The number of nitrogens with zero attached hydrogens (tertiary/aromatic N) is 1. The maximum Gasteiger partial charge on any atom is 0.348 e. The minimum absolute atomic E-state index is 0.171. The first-order valence-electron chi connectivity index (χ1n) is 9.75. The Bertz CT molecular complexity index is 1090. The molecule has 0 bridgehead atoms. The van der Waals surface area contributed by atoms with Gasteiger partial charge in [-0.1, -0.05) is 23.9 Å². The van der Waals surface area contributed by atoms with E-state index in [-0.39, 0.29) is 34.6 Å². The quantitative estimate of drug-likeness (QED) is 0.378. The van der Waals surface area contributed by atoms with Crippen LogP contribution in [0, 0.1) is 6.92 Å². The van der Waals surface area contributed by atoms with E-state index in [1.54, 1.807) is 27.7 Å². The summed E-state index contributed by atoms with van der Waals surface area (Å²) in [5, 5.41) is 3.14. The molecule has 1 atom stereocenters. The zero-order valence-electron chi connectivity index (χ0n) is 17.6. The Balaban J connectivity index is 1.81. The molecule has 1 unspecified atom stereocenters. The number of rotatable bonds is 8. The fourth-order valence-corrected chi connectivity index (χ4v) is 4.77. The van der Waals surface area contributed by atoms with Gasteiger partial charge in [0, 0.05) is 0 Å². The van der Waals surface area contributed by atoms with E-state index in [4.69, 9.17) is 9.47 Å². The van der Waals surface area contributed by atoms with Crippen molar-refractivity contribution in [1.82, 2.24) is 9.97 Å². The Morgan fingerprint density at radius 3 is 2.52 bits per heavy atom. The zero-order valence-corrected chi connectivity index (χ0v) is 19.2. The molecule has 0 saturated carbocycles. The lowest BCUT2D eigenvalue weighted by Crippen LogP contribution is -2.23. The molecule has 0 saturated heterocycles. The van der Waals surface area contributed by atoms with Crippen LogP contribution >= 0.6 is 23.1 Å². The molecule has 31 heavy (non-hydrogen) atoms. The Morgan fingerprint density at radius 1 is 1.16 bits per heavy atom. The topological polar surface area (TPSA) is 110 Å². The molecule has 8 nitrogen and oxygen atoms in total. The van der Waals surface area contributed by atoms with Crippen LogP contribution in [0.4, 0.5) is 5.00 Å². The summed E-state index contributed by atoms with van der Waals surface area (Å²) in [6.45, 7) is 7.15. The second-order valence-electron chi connectivity index (χ2n) is 6.51. The smallest absolute Gasteiger partial charge is 0.348 e. The van der Waals surface area contributed by atoms with Crippen LogP contribution in [0.5, 0.6) is 0 Å². The lowest BCUT2D eigenvalue weighted by molar-refractivity contribution is -0.115. The summed E-state index contributed by atoms with van der Waals surface area (Å²) in [6, 6.07) is 7.60. The number of aromatic amines is 1. The van der Waals surface area contributed by atoms with Gasteiger partial charge in [0.15, 0.2) is 5.16 Å². The average Bonchev–Trinajstić information content (AvgIpc) is 3.28. The second-order valence-corrected chi connectivity index (χ2v) is 8.86. The maximum atomic E-state index is 12.8. The maximum absolute atomic E-state index is 12.8. The highest BCUT2D eigenvalue weighted by atomic mass is 32.2. The third-order valence-corrected chi connectivity index (χ3v) is 6.52. The number of carbonyl (C=O) groups is 3. The molecular weight excluding hydrogens is 438 g/mol. The number of nitrogens with one attached hydrogen (secondary N) is 2. The van der Waals surface area contributed by atoms with Crippen molar-refractivity contribution in [1.29, 1.82) is 0 Å². The van der Waals surface area contributed by atoms with Crippen LogP contribution in [-0.2, 0) is 14.3 Å². The van der Waals surface area contributed by atoms with Gasteiger partial charge in [-0.2, -0.15) is 0 Å². The number of ether oxygens (including phenoxy) is 2. The van der Waals surface area contributed by atoms with Gasteiger partial charge in [-0.05, 0) is 45.4 Å². The average molecular weight is 462 g/mol. The molecule has 10 heteroatoms. The number of thioether (sulfide) groups is 1. The fraction of sp³-hybridized carbons (Fsp3) is 0.333. The number of imidazole rings is 1. The number of H-pyrrole nitrogens is 1. The predicted octanol–water partition coefficient (Wildman–Crippen LogP) is 4.41. The number of hydrogen-bond donors (Lipinski definition) is 2. The third-order valence-electron chi connectivity index (χ3n) is 4.35. The van der Waals surface area contributed by atoms with Gasteiger partial charge in [0.05, 0.1) is 35.1 Å². The van der Waals surface area contributed by atoms with Crippen LogP contribution in [0.1, 0.15) is 46.4 Å². The number of para-hydroxylation sites is 2. The van der Waals surface area contributed by atoms with Gasteiger partial charge >= 0.3 is 11.9 Å². The van der Waals surface area contributed by atoms with E-state index in [9.17, 15) is 14.4 Å². The number of esters is 2. The number of amides is 1. The van der Waals surface area contributed by atoms with Gasteiger partial charge in [-0.3, -0.25) is 4.79 Å². The normalized spacial score (nSPS) is 11.9.